The van der Waals surface area contributed by atoms with E-state index in [4.69, 9.17) is 4.74 Å². The number of carbonyl (C=O) groups excluding carboxylic acids is 2. The zero-order chi connectivity index (χ0) is 20.6. The average molecular weight is 468 g/mol. The summed E-state index contributed by atoms with van der Waals surface area (Å²) in [5, 5.41) is 5.40. The third-order valence-electron chi connectivity index (χ3n) is 4.12. The summed E-state index contributed by atoms with van der Waals surface area (Å²) in [6.07, 6.45) is -0.590. The van der Waals surface area contributed by atoms with E-state index >= 15 is 0 Å². The van der Waals surface area contributed by atoms with Crippen LogP contribution in [0.2, 0.25) is 0 Å². The summed E-state index contributed by atoms with van der Waals surface area (Å²) >= 11 is 3.21. The number of carbonyl (C=O) groups is 2. The zero-order valence-corrected chi connectivity index (χ0v) is 17.7. The number of sulfonamides is 1. The number of fused-ring (bicyclic) bond motifs is 1. The maximum atomic E-state index is 12.6. The van der Waals surface area contributed by atoms with Crippen molar-refractivity contribution < 1.29 is 22.7 Å². The Bertz CT molecular complexity index is 1070. The first-order valence-electron chi connectivity index (χ1n) is 8.24. The molecular formula is C18H18BrN3O5S. The van der Waals surface area contributed by atoms with Gasteiger partial charge in [-0.3, -0.25) is 9.59 Å². The second-order valence-corrected chi connectivity index (χ2v) is 9.32. The number of halogens is 1. The van der Waals surface area contributed by atoms with Crippen LogP contribution in [0.1, 0.15) is 17.3 Å². The van der Waals surface area contributed by atoms with Gasteiger partial charge in [0.1, 0.15) is 5.75 Å². The number of hydrogen-bond donors (Lipinski definition) is 2. The van der Waals surface area contributed by atoms with Gasteiger partial charge in [0.2, 0.25) is 10.0 Å². The van der Waals surface area contributed by atoms with Crippen LogP contribution in [-0.4, -0.2) is 44.7 Å². The molecule has 0 unspecified atom stereocenters. The molecule has 2 amide bonds. The minimum atomic E-state index is -3.72. The molecule has 3 rings (SSSR count). The number of hydrogen-bond acceptors (Lipinski definition) is 5. The number of nitrogens with one attached hydrogen (secondary N) is 2. The fourth-order valence-corrected chi connectivity index (χ4v) is 4.37. The van der Waals surface area contributed by atoms with E-state index in [1.165, 1.54) is 32.3 Å². The topological polar surface area (TPSA) is 105 Å². The Labute approximate surface area is 171 Å². The van der Waals surface area contributed by atoms with Gasteiger partial charge < -0.3 is 15.4 Å². The third-order valence-corrected chi connectivity index (χ3v) is 6.93. The number of anilines is 2. The van der Waals surface area contributed by atoms with Gasteiger partial charge in [0, 0.05) is 29.8 Å². The normalized spacial score (nSPS) is 16.2. The highest BCUT2D eigenvalue weighted by Crippen LogP contribution is 2.32. The highest BCUT2D eigenvalue weighted by molar-refractivity contribution is 9.10. The minimum Gasteiger partial charge on any atom is -0.479 e. The predicted octanol–water partition coefficient (Wildman–Crippen LogP) is 2.67. The molecule has 1 aliphatic heterocycles. The van der Waals surface area contributed by atoms with Gasteiger partial charge in [0.15, 0.2) is 6.10 Å². The predicted molar refractivity (Wildman–Crippen MR) is 108 cm³/mol. The molecule has 0 bridgehead atoms. The molecule has 2 aromatic rings. The molecular weight excluding hydrogens is 450 g/mol. The van der Waals surface area contributed by atoms with Gasteiger partial charge in [-0.05, 0) is 59.3 Å². The summed E-state index contributed by atoms with van der Waals surface area (Å²) in [6, 6.07) is 9.18. The van der Waals surface area contributed by atoms with E-state index in [1.807, 2.05) is 0 Å². The molecule has 0 aliphatic carbocycles. The fourth-order valence-electron chi connectivity index (χ4n) is 2.53. The maximum Gasteiger partial charge on any atom is 0.265 e. The molecule has 28 heavy (non-hydrogen) atoms. The van der Waals surface area contributed by atoms with Gasteiger partial charge in [-0.2, -0.15) is 0 Å². The van der Waals surface area contributed by atoms with Crippen LogP contribution in [0.25, 0.3) is 0 Å². The van der Waals surface area contributed by atoms with Crippen molar-refractivity contribution in [2.24, 2.45) is 0 Å². The van der Waals surface area contributed by atoms with Gasteiger partial charge in [-0.25, -0.2) is 12.7 Å². The fraction of sp³-hybridized carbons (Fsp3) is 0.222. The van der Waals surface area contributed by atoms with E-state index in [0.717, 1.165) is 4.31 Å². The molecule has 2 aromatic carbocycles. The Morgan fingerprint density at radius 3 is 2.61 bits per heavy atom. The first kappa shape index (κ1) is 20.3. The molecule has 148 valence electrons. The molecule has 0 saturated carbocycles. The molecule has 0 aromatic heterocycles. The van der Waals surface area contributed by atoms with Crippen LogP contribution >= 0.6 is 15.9 Å². The summed E-state index contributed by atoms with van der Waals surface area (Å²) in [7, 11) is -0.886. The number of benzene rings is 2. The Kier molecular flexibility index (Phi) is 5.46. The number of ether oxygens (including phenoxy) is 1. The molecule has 1 aliphatic rings. The number of amides is 2. The summed E-state index contributed by atoms with van der Waals surface area (Å²) in [4.78, 5) is 24.3. The standard InChI is InChI=1S/C18H18BrN3O5S/c1-10-17(23)21-14-9-12(5-7-15(14)27-10)20-18(24)11-4-6-13(19)16(8-11)28(25,26)22(2)3/h4-10H,1-3H3,(H,20,24)(H,21,23)/t10-/m0/s1. The third kappa shape index (κ3) is 3.89. The van der Waals surface area contributed by atoms with Crippen molar-refractivity contribution >= 4 is 49.1 Å². The SMILES string of the molecule is C[C@@H]1Oc2ccc(NC(=O)c3ccc(Br)c(S(=O)(=O)N(C)C)c3)cc2NC1=O. The lowest BCUT2D eigenvalue weighted by molar-refractivity contribution is -0.122. The van der Waals surface area contributed by atoms with Crippen molar-refractivity contribution in [2.45, 2.75) is 17.9 Å². The van der Waals surface area contributed by atoms with Crippen LogP contribution in [-0.2, 0) is 14.8 Å². The molecule has 1 heterocycles. The Morgan fingerprint density at radius 2 is 1.93 bits per heavy atom. The van der Waals surface area contributed by atoms with Crippen LogP contribution < -0.4 is 15.4 Å². The van der Waals surface area contributed by atoms with Crippen LogP contribution in [0, 0.1) is 0 Å². The second-order valence-electron chi connectivity index (χ2n) is 6.35. The molecule has 2 N–H and O–H groups in total. The van der Waals surface area contributed by atoms with E-state index in [-0.39, 0.29) is 16.4 Å². The lowest BCUT2D eigenvalue weighted by Gasteiger charge is -2.23. The monoisotopic (exact) mass is 467 g/mol. The summed E-state index contributed by atoms with van der Waals surface area (Å²) in [5.74, 6) is -0.255. The highest BCUT2D eigenvalue weighted by atomic mass is 79.9. The lowest BCUT2D eigenvalue weighted by Crippen LogP contribution is -2.34. The van der Waals surface area contributed by atoms with Crippen molar-refractivity contribution in [1.82, 2.24) is 4.31 Å². The first-order chi connectivity index (χ1) is 13.1. The van der Waals surface area contributed by atoms with Crippen LogP contribution in [0.5, 0.6) is 5.75 Å². The number of rotatable bonds is 4. The molecule has 0 radical (unpaired) electrons. The second kappa shape index (κ2) is 7.53. The molecule has 8 nitrogen and oxygen atoms in total. The molecule has 0 saturated heterocycles. The zero-order valence-electron chi connectivity index (χ0n) is 15.3. The molecule has 10 heteroatoms. The Balaban J connectivity index is 1.87. The summed E-state index contributed by atoms with van der Waals surface area (Å²) in [5.41, 5.74) is 1.06. The summed E-state index contributed by atoms with van der Waals surface area (Å²) in [6.45, 7) is 1.64. The van der Waals surface area contributed by atoms with Gasteiger partial charge in [-0.15, -0.1) is 0 Å². The smallest absolute Gasteiger partial charge is 0.265 e. The van der Waals surface area contributed by atoms with Crippen LogP contribution in [0.4, 0.5) is 11.4 Å². The van der Waals surface area contributed by atoms with E-state index in [9.17, 15) is 18.0 Å². The molecule has 0 spiro atoms. The van der Waals surface area contributed by atoms with E-state index in [0.29, 0.717) is 21.6 Å². The highest BCUT2D eigenvalue weighted by Gasteiger charge is 2.24. The van der Waals surface area contributed by atoms with E-state index < -0.39 is 22.0 Å². The van der Waals surface area contributed by atoms with Crippen molar-refractivity contribution in [3.63, 3.8) is 0 Å². The van der Waals surface area contributed by atoms with Gasteiger partial charge in [-0.1, -0.05) is 0 Å². The number of nitrogens with zero attached hydrogens (tertiary/aromatic N) is 1. The molecule has 0 fully saturated rings. The largest absolute Gasteiger partial charge is 0.479 e. The summed E-state index contributed by atoms with van der Waals surface area (Å²) < 4.78 is 31.7. The van der Waals surface area contributed by atoms with Crippen LogP contribution in [0.3, 0.4) is 0 Å². The lowest BCUT2D eigenvalue weighted by atomic mass is 10.2. The van der Waals surface area contributed by atoms with Crippen molar-refractivity contribution in [1.29, 1.82) is 0 Å². The van der Waals surface area contributed by atoms with E-state index in [2.05, 4.69) is 26.6 Å². The molecule has 1 atom stereocenters. The van der Waals surface area contributed by atoms with E-state index in [1.54, 1.807) is 25.1 Å². The maximum absolute atomic E-state index is 12.6. The van der Waals surface area contributed by atoms with Crippen molar-refractivity contribution in [3.05, 3.63) is 46.4 Å². The van der Waals surface area contributed by atoms with Gasteiger partial charge in [0.25, 0.3) is 11.8 Å². The first-order valence-corrected chi connectivity index (χ1v) is 10.5. The van der Waals surface area contributed by atoms with Gasteiger partial charge >= 0.3 is 0 Å². The Morgan fingerprint density at radius 1 is 1.21 bits per heavy atom. The van der Waals surface area contributed by atoms with Crippen molar-refractivity contribution in [2.75, 3.05) is 24.7 Å². The Hall–Kier alpha value is -2.43. The minimum absolute atomic E-state index is 0.00904. The van der Waals surface area contributed by atoms with Gasteiger partial charge in [0.05, 0.1) is 10.6 Å². The average Bonchev–Trinajstić information content (AvgIpc) is 2.63. The van der Waals surface area contributed by atoms with Crippen LogP contribution in [0.15, 0.2) is 45.8 Å². The van der Waals surface area contributed by atoms with Crippen molar-refractivity contribution in [3.8, 4) is 5.75 Å². The quantitative estimate of drug-likeness (QED) is 0.718.